The first-order chi connectivity index (χ1) is 22.2. The molecular weight excluding hydrogens is 631 g/mol. The van der Waals surface area contributed by atoms with Gasteiger partial charge in [0.15, 0.2) is 0 Å². The van der Waals surface area contributed by atoms with Crippen molar-refractivity contribution in [3.63, 3.8) is 0 Å². The number of rotatable bonds is 7. The van der Waals surface area contributed by atoms with Crippen LogP contribution >= 0.6 is 23.5 Å². The number of alkyl halides is 2. The number of amides is 1. The van der Waals surface area contributed by atoms with Crippen molar-refractivity contribution < 1.29 is 18.0 Å². The molecule has 5 nitrogen and oxygen atoms in total. The second-order valence-electron chi connectivity index (χ2n) is 10.4. The van der Waals surface area contributed by atoms with Gasteiger partial charge in [-0.2, -0.15) is 5.26 Å². The van der Waals surface area contributed by atoms with Gasteiger partial charge in [0.25, 0.3) is 6.43 Å². The van der Waals surface area contributed by atoms with Crippen LogP contribution in [0.25, 0.3) is 44.4 Å². The molecule has 1 heterocycles. The zero-order valence-electron chi connectivity index (χ0n) is 24.0. The molecular formula is C36H21ClF3N3O2S. The molecule has 0 N–H and O–H groups in total. The summed E-state index contributed by atoms with van der Waals surface area (Å²) >= 11 is 7.84. The number of benzene rings is 5. The average molecular weight is 652 g/mol. The second-order valence-corrected chi connectivity index (χ2v) is 11.8. The quantitative estimate of drug-likeness (QED) is 0.161. The van der Waals surface area contributed by atoms with E-state index in [4.69, 9.17) is 11.6 Å². The number of fused-ring (bicyclic) bond motifs is 1. The molecule has 1 amide bonds. The first-order valence-electron chi connectivity index (χ1n) is 13.9. The maximum atomic E-state index is 14.9. The van der Waals surface area contributed by atoms with Crippen LogP contribution in [0.4, 0.5) is 13.2 Å². The lowest BCUT2D eigenvalue weighted by Gasteiger charge is -2.16. The van der Waals surface area contributed by atoms with Gasteiger partial charge < -0.3 is 0 Å². The Morgan fingerprint density at radius 2 is 1.65 bits per heavy atom. The van der Waals surface area contributed by atoms with Crippen LogP contribution in [0.3, 0.4) is 0 Å². The summed E-state index contributed by atoms with van der Waals surface area (Å²) in [5.74, 6) is -1.40. The number of hydrogen-bond acceptors (Lipinski definition) is 4. The van der Waals surface area contributed by atoms with Crippen LogP contribution in [0, 0.1) is 29.0 Å². The third-order valence-corrected chi connectivity index (χ3v) is 8.96. The summed E-state index contributed by atoms with van der Waals surface area (Å²) in [6.45, 7) is 1.88. The van der Waals surface area contributed by atoms with E-state index < -0.39 is 18.1 Å². The molecule has 0 unspecified atom stereocenters. The Morgan fingerprint density at radius 3 is 2.35 bits per heavy atom. The normalized spacial score (nSPS) is 11.2. The first kappa shape index (κ1) is 30.8. The lowest BCUT2D eigenvalue weighted by molar-refractivity contribution is 0.100. The van der Waals surface area contributed by atoms with Gasteiger partial charge in [0.05, 0.1) is 22.8 Å². The Hall–Kier alpha value is -5.17. The van der Waals surface area contributed by atoms with Crippen molar-refractivity contribution in [2.75, 3.05) is 0 Å². The molecule has 0 aliphatic heterocycles. The predicted octanol–water partition coefficient (Wildman–Crippen LogP) is 11.0. The van der Waals surface area contributed by atoms with E-state index in [0.717, 1.165) is 5.56 Å². The molecule has 0 spiro atoms. The molecule has 46 heavy (non-hydrogen) atoms. The summed E-state index contributed by atoms with van der Waals surface area (Å²) in [7, 11) is 0. The predicted molar refractivity (Wildman–Crippen MR) is 175 cm³/mol. The number of hydrogen-bond donors (Lipinski definition) is 0. The molecule has 0 fully saturated rings. The van der Waals surface area contributed by atoms with E-state index in [1.54, 1.807) is 36.4 Å². The first-order valence-corrected chi connectivity index (χ1v) is 15.0. The smallest absolute Gasteiger partial charge is 0.279 e. The molecule has 0 saturated heterocycles. The minimum atomic E-state index is -2.61. The third kappa shape index (κ3) is 5.69. The summed E-state index contributed by atoms with van der Waals surface area (Å²) in [5, 5.41) is 13.4. The fraction of sp³-hybridized carbons (Fsp3) is 0.0556. The maximum Gasteiger partial charge on any atom is 0.316 e. The van der Waals surface area contributed by atoms with E-state index in [1.165, 1.54) is 48.3 Å². The van der Waals surface area contributed by atoms with E-state index in [1.807, 2.05) is 41.2 Å². The van der Waals surface area contributed by atoms with Crippen molar-refractivity contribution >= 4 is 40.4 Å². The van der Waals surface area contributed by atoms with Crippen LogP contribution in [-0.2, 0) is 0 Å². The van der Waals surface area contributed by atoms with E-state index in [2.05, 4.69) is 11.2 Å². The van der Waals surface area contributed by atoms with Crippen molar-refractivity contribution in [1.82, 2.24) is 3.97 Å². The summed E-state index contributed by atoms with van der Waals surface area (Å²) in [4.78, 5) is 23.3. The number of aromatic nitrogens is 1. The molecule has 1 aromatic heterocycles. The van der Waals surface area contributed by atoms with Gasteiger partial charge in [0, 0.05) is 53.9 Å². The topological polar surface area (TPSA) is 75.2 Å². The Labute approximate surface area is 271 Å². The van der Waals surface area contributed by atoms with Crippen molar-refractivity contribution in [2.45, 2.75) is 18.2 Å². The van der Waals surface area contributed by atoms with Crippen LogP contribution in [0.15, 0.2) is 113 Å². The van der Waals surface area contributed by atoms with Gasteiger partial charge in [-0.3, -0.25) is 8.77 Å². The van der Waals surface area contributed by atoms with Crippen molar-refractivity contribution in [1.29, 1.82) is 5.26 Å². The summed E-state index contributed by atoms with van der Waals surface area (Å²) < 4.78 is 43.5. The fourth-order valence-corrected chi connectivity index (χ4v) is 6.79. The Morgan fingerprint density at radius 1 is 0.913 bits per heavy atom. The monoisotopic (exact) mass is 651 g/mol. The van der Waals surface area contributed by atoms with Gasteiger partial charge in [-0.05, 0) is 84.6 Å². The van der Waals surface area contributed by atoms with E-state index in [0.29, 0.717) is 54.9 Å². The molecule has 5 aromatic carbocycles. The number of nitriles is 1. The Kier molecular flexibility index (Phi) is 8.50. The van der Waals surface area contributed by atoms with Crippen LogP contribution in [0.1, 0.15) is 33.5 Å². The fourth-order valence-electron chi connectivity index (χ4n) is 5.49. The zero-order chi connectivity index (χ0) is 32.5. The molecule has 6 rings (SSSR count). The van der Waals surface area contributed by atoms with Crippen molar-refractivity contribution in [3.05, 3.63) is 141 Å². The van der Waals surface area contributed by atoms with Gasteiger partial charge in [-0.15, -0.1) is 4.91 Å². The number of halogens is 4. The summed E-state index contributed by atoms with van der Waals surface area (Å²) in [6, 6.07) is 29.9. The standard InChI is InChI=1S/C36H21ClF3N3O2S/c1-20-4-2-7-25(19-41)32(20)33-29-18-26(38)11-15-31(29)43(46-27-12-8-21(9-13-27)35(39)40)34(33)23-6-3-5-22(16-23)28-14-10-24(17-30(28)37)36(44)42-45/h2-18,35H,1H3. The number of nitrogens with zero attached hydrogens (tertiary/aromatic N) is 3. The number of carbonyl (C=O) groups excluding carboxylic acids is 1. The SMILES string of the molecule is Cc1cccc(C#N)c1-c1c(-c2cccc(-c3ccc(C(=O)N=O)cc3Cl)c2)n(Sc2ccc(C(F)F)cc2)c2ccc(F)cc12. The largest absolute Gasteiger partial charge is 0.316 e. The second kappa shape index (κ2) is 12.7. The van der Waals surface area contributed by atoms with Gasteiger partial charge in [0.1, 0.15) is 5.82 Å². The van der Waals surface area contributed by atoms with Crippen LogP contribution in [0.5, 0.6) is 0 Å². The van der Waals surface area contributed by atoms with Crippen molar-refractivity contribution in [3.8, 4) is 39.6 Å². The lowest BCUT2D eigenvalue weighted by Crippen LogP contribution is -1.96. The van der Waals surface area contributed by atoms with Gasteiger partial charge >= 0.3 is 5.91 Å². The van der Waals surface area contributed by atoms with E-state index in [9.17, 15) is 28.1 Å². The van der Waals surface area contributed by atoms with Gasteiger partial charge in [-0.25, -0.2) is 13.2 Å². The molecule has 0 bridgehead atoms. The minimum Gasteiger partial charge on any atom is -0.279 e. The highest BCUT2D eigenvalue weighted by Crippen LogP contribution is 2.47. The van der Waals surface area contributed by atoms with Gasteiger partial charge in [-0.1, -0.05) is 60.1 Å². The maximum absolute atomic E-state index is 14.9. The lowest BCUT2D eigenvalue weighted by atomic mass is 9.90. The van der Waals surface area contributed by atoms with Crippen LogP contribution in [-0.4, -0.2) is 9.88 Å². The molecule has 0 radical (unpaired) electrons. The molecule has 6 aromatic rings. The Bertz CT molecular complexity index is 2210. The Balaban J connectivity index is 1.65. The molecule has 0 aliphatic carbocycles. The number of nitroso groups, excluding NO2 is 1. The van der Waals surface area contributed by atoms with E-state index in [-0.39, 0.29) is 16.1 Å². The number of carbonyl (C=O) groups is 1. The molecule has 0 saturated carbocycles. The zero-order valence-corrected chi connectivity index (χ0v) is 25.5. The molecule has 10 heteroatoms. The highest BCUT2D eigenvalue weighted by molar-refractivity contribution is 7.98. The molecule has 226 valence electrons. The van der Waals surface area contributed by atoms with Crippen LogP contribution in [0.2, 0.25) is 5.02 Å². The summed E-state index contributed by atoms with van der Waals surface area (Å²) in [5.41, 5.74) is 5.68. The third-order valence-electron chi connectivity index (χ3n) is 7.60. The van der Waals surface area contributed by atoms with Gasteiger partial charge in [0.2, 0.25) is 0 Å². The highest BCUT2D eigenvalue weighted by Gasteiger charge is 2.25. The molecule has 0 atom stereocenters. The average Bonchev–Trinajstić information content (AvgIpc) is 3.36. The molecule has 0 aliphatic rings. The minimum absolute atomic E-state index is 0.0576. The van der Waals surface area contributed by atoms with Crippen LogP contribution < -0.4 is 0 Å². The van der Waals surface area contributed by atoms with Crippen molar-refractivity contribution in [2.24, 2.45) is 5.18 Å². The van der Waals surface area contributed by atoms with E-state index >= 15 is 0 Å². The summed E-state index contributed by atoms with van der Waals surface area (Å²) in [6.07, 6.45) is -2.61. The number of aryl methyl sites for hydroxylation is 1. The highest BCUT2D eigenvalue weighted by atomic mass is 35.5.